The van der Waals surface area contributed by atoms with Gasteiger partial charge in [-0.15, -0.1) is 0 Å². The second kappa shape index (κ2) is 12.2. The summed E-state index contributed by atoms with van der Waals surface area (Å²) >= 11 is 0. The first kappa shape index (κ1) is 33.4. The molecule has 0 saturated carbocycles. The van der Waals surface area contributed by atoms with Crippen molar-refractivity contribution in [3.05, 3.63) is 199 Å². The molecule has 12 aromatic rings. The van der Waals surface area contributed by atoms with E-state index in [2.05, 4.69) is 182 Å². The lowest BCUT2D eigenvalue weighted by atomic mass is 9.82. The molecule has 3 heteroatoms. The van der Waals surface area contributed by atoms with Gasteiger partial charge in [0.1, 0.15) is 22.3 Å². The molecular formula is C57H37NO2. The van der Waals surface area contributed by atoms with Gasteiger partial charge in [-0.2, -0.15) is 0 Å². The fourth-order valence-electron chi connectivity index (χ4n) is 10.3. The van der Waals surface area contributed by atoms with E-state index >= 15 is 0 Å². The Morgan fingerprint density at radius 2 is 0.900 bits per heavy atom. The third-order valence-electron chi connectivity index (χ3n) is 13.2. The fraction of sp³-hybridized carbons (Fsp3) is 0.0526. The third kappa shape index (κ3) is 4.66. The van der Waals surface area contributed by atoms with Gasteiger partial charge in [-0.1, -0.05) is 141 Å². The normalized spacial score (nSPS) is 13.3. The molecule has 0 bridgehead atoms. The van der Waals surface area contributed by atoms with Gasteiger partial charge in [0, 0.05) is 49.0 Å². The quantitative estimate of drug-likeness (QED) is 0.179. The Morgan fingerprint density at radius 3 is 1.70 bits per heavy atom. The maximum atomic E-state index is 6.44. The van der Waals surface area contributed by atoms with Crippen LogP contribution in [0.5, 0.6) is 0 Å². The number of hydrogen-bond donors (Lipinski definition) is 0. The molecule has 60 heavy (non-hydrogen) atoms. The van der Waals surface area contributed by atoms with E-state index in [9.17, 15) is 0 Å². The van der Waals surface area contributed by atoms with Crippen LogP contribution in [0.3, 0.4) is 0 Å². The highest BCUT2D eigenvalue weighted by molar-refractivity contribution is 6.13. The summed E-state index contributed by atoms with van der Waals surface area (Å²) in [6.07, 6.45) is 0. The minimum absolute atomic E-state index is 0.0690. The highest BCUT2D eigenvalue weighted by Crippen LogP contribution is 2.52. The number of aromatic nitrogens is 1. The summed E-state index contributed by atoms with van der Waals surface area (Å²) in [6, 6.07) is 68.3. The molecule has 0 amide bonds. The summed E-state index contributed by atoms with van der Waals surface area (Å²) in [5.74, 6) is 0. The van der Waals surface area contributed by atoms with E-state index < -0.39 is 0 Å². The average Bonchev–Trinajstić information content (AvgIpc) is 4.02. The Labute approximate surface area is 346 Å². The molecule has 1 aliphatic carbocycles. The van der Waals surface area contributed by atoms with Crippen LogP contribution in [0, 0.1) is 0 Å². The minimum Gasteiger partial charge on any atom is -0.456 e. The zero-order valence-electron chi connectivity index (χ0n) is 33.2. The van der Waals surface area contributed by atoms with Crippen LogP contribution in [0.15, 0.2) is 197 Å². The Morgan fingerprint density at radius 1 is 0.367 bits per heavy atom. The molecule has 9 aromatic carbocycles. The minimum atomic E-state index is -0.0690. The second-order valence-electron chi connectivity index (χ2n) is 16.8. The summed E-state index contributed by atoms with van der Waals surface area (Å²) in [4.78, 5) is 0. The number of furan rings is 2. The van der Waals surface area contributed by atoms with E-state index in [1.807, 2.05) is 24.3 Å². The van der Waals surface area contributed by atoms with E-state index in [4.69, 9.17) is 8.83 Å². The molecule has 282 valence electrons. The van der Waals surface area contributed by atoms with Gasteiger partial charge in [0.15, 0.2) is 0 Å². The van der Waals surface area contributed by atoms with Crippen LogP contribution in [0.1, 0.15) is 25.0 Å². The van der Waals surface area contributed by atoms with Crippen molar-refractivity contribution in [2.45, 2.75) is 19.3 Å². The van der Waals surface area contributed by atoms with Gasteiger partial charge in [-0.05, 0) is 111 Å². The molecule has 0 spiro atoms. The maximum Gasteiger partial charge on any atom is 0.143 e. The van der Waals surface area contributed by atoms with E-state index in [0.29, 0.717) is 0 Å². The first-order valence-electron chi connectivity index (χ1n) is 20.7. The van der Waals surface area contributed by atoms with Gasteiger partial charge in [0.25, 0.3) is 0 Å². The van der Waals surface area contributed by atoms with Crippen LogP contribution in [-0.4, -0.2) is 4.57 Å². The number of rotatable bonds is 4. The summed E-state index contributed by atoms with van der Waals surface area (Å²) in [5.41, 5.74) is 19.5. The van der Waals surface area contributed by atoms with Crippen LogP contribution >= 0.6 is 0 Å². The Balaban J connectivity index is 1.01. The molecule has 3 heterocycles. The van der Waals surface area contributed by atoms with Gasteiger partial charge in [0.2, 0.25) is 0 Å². The molecule has 0 unspecified atom stereocenters. The molecule has 3 aromatic heterocycles. The lowest BCUT2D eigenvalue weighted by Gasteiger charge is -2.21. The predicted octanol–water partition coefficient (Wildman–Crippen LogP) is 15.9. The summed E-state index contributed by atoms with van der Waals surface area (Å²) in [5, 5.41) is 6.98. The molecule has 0 aliphatic heterocycles. The van der Waals surface area contributed by atoms with Gasteiger partial charge in [-0.3, -0.25) is 0 Å². The van der Waals surface area contributed by atoms with Crippen molar-refractivity contribution < 1.29 is 8.83 Å². The number of fused-ring (bicyclic) bond motifs is 12. The fourth-order valence-corrected chi connectivity index (χ4v) is 10.3. The highest BCUT2D eigenvalue weighted by atomic mass is 16.3. The molecule has 3 nitrogen and oxygen atoms in total. The van der Waals surface area contributed by atoms with Gasteiger partial charge in [0.05, 0.1) is 11.0 Å². The lowest BCUT2D eigenvalue weighted by Crippen LogP contribution is -2.14. The smallest absolute Gasteiger partial charge is 0.143 e. The Kier molecular flexibility index (Phi) is 6.78. The van der Waals surface area contributed by atoms with Crippen molar-refractivity contribution in [1.82, 2.24) is 4.57 Å². The molecule has 1 aliphatic rings. The molecular weight excluding hydrogens is 731 g/mol. The van der Waals surface area contributed by atoms with E-state index in [-0.39, 0.29) is 5.41 Å². The first-order valence-corrected chi connectivity index (χ1v) is 20.7. The van der Waals surface area contributed by atoms with Gasteiger partial charge >= 0.3 is 0 Å². The van der Waals surface area contributed by atoms with Crippen molar-refractivity contribution >= 4 is 65.7 Å². The molecule has 0 atom stereocenters. The van der Waals surface area contributed by atoms with E-state index in [1.165, 1.54) is 55.2 Å². The van der Waals surface area contributed by atoms with Crippen LogP contribution < -0.4 is 0 Å². The van der Waals surface area contributed by atoms with Crippen LogP contribution in [-0.2, 0) is 5.41 Å². The first-order chi connectivity index (χ1) is 29.5. The lowest BCUT2D eigenvalue weighted by molar-refractivity contribution is 0.660. The number of benzene rings is 9. The van der Waals surface area contributed by atoms with Crippen LogP contribution in [0.25, 0.3) is 116 Å². The predicted molar refractivity (Wildman–Crippen MR) is 249 cm³/mol. The monoisotopic (exact) mass is 767 g/mol. The summed E-state index contributed by atoms with van der Waals surface area (Å²) in [6.45, 7) is 4.71. The Bertz CT molecular complexity index is 3740. The highest BCUT2D eigenvalue weighted by Gasteiger charge is 2.36. The summed E-state index contributed by atoms with van der Waals surface area (Å²) < 4.78 is 15.1. The van der Waals surface area contributed by atoms with Crippen molar-refractivity contribution in [2.24, 2.45) is 0 Å². The number of nitrogens with zero attached hydrogens (tertiary/aromatic N) is 1. The molecule has 0 saturated heterocycles. The standard InChI is InChI=1S/C57H37NO2/c1-57(2)48-17-6-3-13-44(48)55-39(14-10-18-49(55)57)37-24-29-51-46(33-37)45-31-35(36-25-30-54-47(32-36)42-12-5-7-19-52(42)59-54)23-28-50(45)58(51)38-26-21-34(22-27-38)40-15-9-16-43-41-11-4-8-20-53(41)60-56(40)43/h3-33H,1-2H3. The summed E-state index contributed by atoms with van der Waals surface area (Å²) in [7, 11) is 0. The van der Waals surface area contributed by atoms with E-state index in [1.54, 1.807) is 0 Å². The average molecular weight is 768 g/mol. The molecule has 13 rings (SSSR count). The maximum absolute atomic E-state index is 6.44. The molecule has 0 N–H and O–H groups in total. The van der Waals surface area contributed by atoms with Crippen molar-refractivity contribution in [2.75, 3.05) is 0 Å². The molecule has 0 radical (unpaired) electrons. The van der Waals surface area contributed by atoms with Gasteiger partial charge in [-0.25, -0.2) is 0 Å². The largest absolute Gasteiger partial charge is 0.456 e. The van der Waals surface area contributed by atoms with Crippen molar-refractivity contribution in [3.63, 3.8) is 0 Å². The zero-order chi connectivity index (χ0) is 39.7. The zero-order valence-corrected chi connectivity index (χ0v) is 33.2. The van der Waals surface area contributed by atoms with E-state index in [0.717, 1.165) is 71.8 Å². The number of hydrogen-bond acceptors (Lipinski definition) is 2. The van der Waals surface area contributed by atoms with Crippen molar-refractivity contribution in [1.29, 1.82) is 0 Å². The molecule has 0 fully saturated rings. The number of para-hydroxylation sites is 3. The SMILES string of the molecule is CC1(C)c2ccccc2-c2c(-c3ccc4c(c3)c3cc(-c5ccc6oc7ccccc7c6c5)ccc3n4-c3ccc(-c4cccc5c4oc4ccccc45)cc3)cccc21. The second-order valence-corrected chi connectivity index (χ2v) is 16.8. The van der Waals surface area contributed by atoms with Crippen molar-refractivity contribution in [3.8, 4) is 50.2 Å². The van der Waals surface area contributed by atoms with Gasteiger partial charge < -0.3 is 13.4 Å². The topological polar surface area (TPSA) is 31.2 Å². The third-order valence-corrected chi connectivity index (χ3v) is 13.2. The van der Waals surface area contributed by atoms with Crippen LogP contribution in [0.2, 0.25) is 0 Å². The van der Waals surface area contributed by atoms with Crippen LogP contribution in [0.4, 0.5) is 0 Å². The Hall–Kier alpha value is -7.62.